The Kier molecular flexibility index (Phi) is 6.07. The molecule has 0 aliphatic rings. The summed E-state index contributed by atoms with van der Waals surface area (Å²) >= 11 is 2.00. The molecule has 0 unspecified atom stereocenters. The molecule has 0 spiro atoms. The van der Waals surface area contributed by atoms with E-state index in [1.165, 1.54) is 40.4 Å². The van der Waals surface area contributed by atoms with Gasteiger partial charge < -0.3 is 10.2 Å². The lowest BCUT2D eigenvalue weighted by Crippen LogP contribution is -2.11. The molecule has 1 amide bonds. The zero-order valence-electron chi connectivity index (χ0n) is 13.6. The zero-order chi connectivity index (χ0) is 18.7. The molecule has 130 valence electrons. The summed E-state index contributed by atoms with van der Waals surface area (Å²) in [7, 11) is 4.64. The van der Waals surface area contributed by atoms with Crippen molar-refractivity contribution in [3.05, 3.63) is 41.5 Å². The largest absolute Gasteiger partial charge is 0.382 e. The monoisotopic (exact) mass is 472 g/mol. The van der Waals surface area contributed by atoms with Crippen molar-refractivity contribution in [1.82, 2.24) is 8.87 Å². The SMILES string of the molecule is CC(=O)Nc1cc2c(cc1F)cc(C(=O)/C(C#N)=C/N(C)C)n2SI. The van der Waals surface area contributed by atoms with Crippen LogP contribution in [0.3, 0.4) is 0 Å². The van der Waals surface area contributed by atoms with Gasteiger partial charge in [-0.1, -0.05) is 0 Å². The van der Waals surface area contributed by atoms with Gasteiger partial charge in [0.05, 0.1) is 11.2 Å². The van der Waals surface area contributed by atoms with E-state index >= 15 is 0 Å². The average Bonchev–Trinajstić information content (AvgIpc) is 2.88. The summed E-state index contributed by atoms with van der Waals surface area (Å²) in [5.74, 6) is -1.45. The lowest BCUT2D eigenvalue weighted by atomic mass is 10.1. The number of nitriles is 1. The minimum Gasteiger partial charge on any atom is -0.382 e. The van der Waals surface area contributed by atoms with Gasteiger partial charge in [0.2, 0.25) is 11.7 Å². The fourth-order valence-corrected chi connectivity index (χ4v) is 3.97. The molecule has 0 radical (unpaired) electrons. The Bertz CT molecular complexity index is 930. The van der Waals surface area contributed by atoms with E-state index in [4.69, 9.17) is 0 Å². The summed E-state index contributed by atoms with van der Waals surface area (Å²) in [5, 5.41) is 12.2. The quantitative estimate of drug-likeness (QED) is 0.311. The molecule has 1 aromatic heterocycles. The van der Waals surface area contributed by atoms with E-state index in [9.17, 15) is 19.2 Å². The smallest absolute Gasteiger partial charge is 0.222 e. The van der Waals surface area contributed by atoms with Gasteiger partial charge in [0.25, 0.3) is 0 Å². The van der Waals surface area contributed by atoms with E-state index in [0.717, 1.165) is 0 Å². The summed E-state index contributed by atoms with van der Waals surface area (Å²) in [6, 6.07) is 6.14. The number of allylic oxidation sites excluding steroid dienone is 1. The second kappa shape index (κ2) is 7.88. The number of aromatic nitrogens is 1. The molecule has 2 aromatic rings. The number of Topliss-reactive ketones (excluding diaryl/α,β-unsaturated/α-hetero) is 1. The first kappa shape index (κ1) is 19.3. The van der Waals surface area contributed by atoms with Crippen molar-refractivity contribution in [2.24, 2.45) is 0 Å². The van der Waals surface area contributed by atoms with Crippen LogP contribution in [0.5, 0.6) is 0 Å². The lowest BCUT2D eigenvalue weighted by molar-refractivity contribution is -0.114. The van der Waals surface area contributed by atoms with E-state index < -0.39 is 17.5 Å². The van der Waals surface area contributed by atoms with Gasteiger partial charge >= 0.3 is 0 Å². The molecule has 0 bridgehead atoms. The number of carbonyl (C=O) groups excluding carboxylic acids is 2. The summed E-state index contributed by atoms with van der Waals surface area (Å²) in [6.07, 6.45) is 1.44. The molecule has 1 heterocycles. The molecule has 0 aliphatic heterocycles. The van der Waals surface area contributed by atoms with Gasteiger partial charge in [0, 0.05) is 62.9 Å². The van der Waals surface area contributed by atoms with E-state index in [2.05, 4.69) is 5.32 Å². The third-order valence-corrected chi connectivity index (χ3v) is 4.92. The van der Waals surface area contributed by atoms with Gasteiger partial charge in [-0.2, -0.15) is 5.26 Å². The standard InChI is InChI=1S/C16H14FIN4O2S/c1-9(23)20-13-6-14-10(4-12(13)17)5-15(22(14)25-18)16(24)11(7-19)8-21(2)3/h4-6,8H,1-3H3,(H,20,23)/b11-8+. The fraction of sp³-hybridized carbons (Fsp3) is 0.188. The number of halogens is 2. The number of ketones is 1. The Morgan fingerprint density at radius 3 is 2.60 bits per heavy atom. The highest BCUT2D eigenvalue weighted by molar-refractivity contribution is 14.2. The van der Waals surface area contributed by atoms with Gasteiger partial charge in [-0.3, -0.25) is 13.6 Å². The van der Waals surface area contributed by atoms with Crippen LogP contribution in [0.2, 0.25) is 0 Å². The van der Waals surface area contributed by atoms with Crippen LogP contribution in [-0.2, 0) is 4.79 Å². The molecule has 0 saturated heterocycles. The minimum absolute atomic E-state index is 0.0259. The van der Waals surface area contributed by atoms with Crippen LogP contribution in [0, 0.1) is 17.1 Å². The first-order valence-electron chi connectivity index (χ1n) is 7.03. The number of hydrogen-bond acceptors (Lipinski definition) is 5. The van der Waals surface area contributed by atoms with Crippen LogP contribution in [0.15, 0.2) is 30.0 Å². The van der Waals surface area contributed by atoms with Crippen LogP contribution >= 0.6 is 30.3 Å². The van der Waals surface area contributed by atoms with Gasteiger partial charge in [-0.15, -0.1) is 0 Å². The molecule has 9 heteroatoms. The first-order valence-corrected chi connectivity index (χ1v) is 10.3. The number of hydrogen-bond donors (Lipinski definition) is 1. The van der Waals surface area contributed by atoms with Crippen molar-refractivity contribution in [2.45, 2.75) is 6.92 Å². The number of anilines is 1. The topological polar surface area (TPSA) is 78.1 Å². The van der Waals surface area contributed by atoms with Gasteiger partial charge in [-0.25, -0.2) is 4.39 Å². The Morgan fingerprint density at radius 2 is 2.08 bits per heavy atom. The first-order chi connectivity index (χ1) is 11.8. The number of benzene rings is 1. The van der Waals surface area contributed by atoms with Gasteiger partial charge in [0.15, 0.2) is 0 Å². The minimum atomic E-state index is -0.596. The predicted molar refractivity (Wildman–Crippen MR) is 105 cm³/mol. The number of amides is 1. The molecule has 0 atom stereocenters. The molecule has 1 aromatic carbocycles. The van der Waals surface area contributed by atoms with Crippen LogP contribution in [0.25, 0.3) is 10.9 Å². The van der Waals surface area contributed by atoms with Crippen molar-refractivity contribution in [3.8, 4) is 6.07 Å². The number of fused-ring (bicyclic) bond motifs is 1. The fourth-order valence-electron chi connectivity index (χ4n) is 2.26. The predicted octanol–water partition coefficient (Wildman–Crippen LogP) is 3.74. The molecular weight excluding hydrogens is 458 g/mol. The second-order valence-electron chi connectivity index (χ2n) is 5.41. The van der Waals surface area contributed by atoms with Crippen molar-refractivity contribution < 1.29 is 14.0 Å². The average molecular weight is 472 g/mol. The van der Waals surface area contributed by atoms with E-state index in [1.54, 1.807) is 23.0 Å². The van der Waals surface area contributed by atoms with Crippen LogP contribution in [0.4, 0.5) is 10.1 Å². The maximum absolute atomic E-state index is 14.1. The molecular formula is C16H14FIN4O2S. The maximum Gasteiger partial charge on any atom is 0.222 e. The Balaban J connectivity index is 2.64. The lowest BCUT2D eigenvalue weighted by Gasteiger charge is -2.08. The van der Waals surface area contributed by atoms with Gasteiger partial charge in [0.1, 0.15) is 23.2 Å². The molecule has 0 fully saturated rings. The molecule has 6 nitrogen and oxygen atoms in total. The number of rotatable bonds is 5. The molecule has 1 N–H and O–H groups in total. The summed E-state index contributed by atoms with van der Waals surface area (Å²) in [4.78, 5) is 25.5. The number of carbonyl (C=O) groups is 2. The van der Waals surface area contributed by atoms with Gasteiger partial charge in [-0.05, 0) is 18.2 Å². The molecule has 25 heavy (non-hydrogen) atoms. The van der Waals surface area contributed by atoms with Crippen molar-refractivity contribution in [2.75, 3.05) is 19.4 Å². The number of nitrogens with zero attached hydrogens (tertiary/aromatic N) is 3. The highest BCUT2D eigenvalue weighted by atomic mass is 127. The Morgan fingerprint density at radius 1 is 1.40 bits per heavy atom. The normalized spacial score (nSPS) is 11.3. The summed E-state index contributed by atoms with van der Waals surface area (Å²) in [6.45, 7) is 1.29. The van der Waals surface area contributed by atoms with Crippen molar-refractivity contribution >= 4 is 58.6 Å². The summed E-state index contributed by atoms with van der Waals surface area (Å²) in [5.41, 5.74) is 0.827. The van der Waals surface area contributed by atoms with Crippen molar-refractivity contribution in [1.29, 1.82) is 5.26 Å². The highest BCUT2D eigenvalue weighted by Gasteiger charge is 2.21. The number of nitrogens with one attached hydrogen (secondary N) is 1. The zero-order valence-corrected chi connectivity index (χ0v) is 16.6. The summed E-state index contributed by atoms with van der Waals surface area (Å²) < 4.78 is 15.7. The van der Waals surface area contributed by atoms with Crippen LogP contribution in [-0.4, -0.2) is 34.7 Å². The van der Waals surface area contributed by atoms with E-state index in [-0.39, 0.29) is 17.0 Å². The second-order valence-corrected chi connectivity index (χ2v) is 7.10. The third-order valence-electron chi connectivity index (χ3n) is 3.21. The molecule has 0 saturated carbocycles. The highest BCUT2D eigenvalue weighted by Crippen LogP contribution is 2.33. The van der Waals surface area contributed by atoms with Crippen LogP contribution in [0.1, 0.15) is 17.4 Å². The van der Waals surface area contributed by atoms with E-state index in [0.29, 0.717) is 10.9 Å². The molecule has 0 aliphatic carbocycles. The Labute approximate surface area is 160 Å². The van der Waals surface area contributed by atoms with Crippen molar-refractivity contribution in [3.63, 3.8) is 0 Å². The maximum atomic E-state index is 14.1. The van der Waals surface area contributed by atoms with Crippen LogP contribution < -0.4 is 5.32 Å². The third kappa shape index (κ3) is 4.13. The van der Waals surface area contributed by atoms with E-state index in [1.807, 2.05) is 27.3 Å². The Hall–Kier alpha value is -2.06. The molecule has 2 rings (SSSR count).